The van der Waals surface area contributed by atoms with Gasteiger partial charge in [-0.1, -0.05) is 30.9 Å². The molecule has 1 heterocycles. The van der Waals surface area contributed by atoms with E-state index in [9.17, 15) is 0 Å². The van der Waals surface area contributed by atoms with Crippen LogP contribution in [0.2, 0.25) is 5.02 Å². The van der Waals surface area contributed by atoms with Gasteiger partial charge in [0.25, 0.3) is 0 Å². The van der Waals surface area contributed by atoms with Gasteiger partial charge < -0.3 is 15.2 Å². The van der Waals surface area contributed by atoms with Gasteiger partial charge in [0, 0.05) is 23.6 Å². The van der Waals surface area contributed by atoms with E-state index >= 15 is 0 Å². The summed E-state index contributed by atoms with van der Waals surface area (Å²) in [7, 11) is 0. The molecule has 3 nitrogen and oxygen atoms in total. The molecule has 1 saturated carbocycles. The first-order valence-corrected chi connectivity index (χ1v) is 7.88. The summed E-state index contributed by atoms with van der Waals surface area (Å²) in [6.45, 7) is 1.88. The molecule has 1 aliphatic heterocycles. The van der Waals surface area contributed by atoms with Crippen molar-refractivity contribution in [3.05, 3.63) is 28.3 Å². The molecule has 2 aliphatic rings. The maximum atomic E-state index is 6.22. The molecular formula is C16H22ClNO2. The van der Waals surface area contributed by atoms with Crippen LogP contribution in [0.1, 0.15) is 43.2 Å². The van der Waals surface area contributed by atoms with Crippen molar-refractivity contribution < 1.29 is 9.47 Å². The van der Waals surface area contributed by atoms with Crippen LogP contribution >= 0.6 is 11.6 Å². The molecule has 0 unspecified atom stereocenters. The summed E-state index contributed by atoms with van der Waals surface area (Å²) < 4.78 is 11.9. The summed E-state index contributed by atoms with van der Waals surface area (Å²) in [6, 6.07) is 3.95. The van der Waals surface area contributed by atoms with Gasteiger partial charge in [-0.3, -0.25) is 0 Å². The lowest BCUT2D eigenvalue weighted by molar-refractivity contribution is -0.0738. The molecule has 1 fully saturated rings. The second-order valence-electron chi connectivity index (χ2n) is 5.89. The molecule has 0 aromatic heterocycles. The standard InChI is InChI=1S/C16H22ClNO2/c17-14-8-12-4-7-19-15(12)13(9-14)10-20-16(11-18)5-2-1-3-6-16/h8-9H,1-7,10-11,18H2. The molecule has 0 amide bonds. The van der Waals surface area contributed by atoms with E-state index in [0.29, 0.717) is 13.2 Å². The monoisotopic (exact) mass is 295 g/mol. The lowest BCUT2D eigenvalue weighted by atomic mass is 9.84. The Morgan fingerprint density at radius 2 is 2.05 bits per heavy atom. The predicted octanol–water partition coefficient (Wildman–Crippen LogP) is 3.45. The molecule has 20 heavy (non-hydrogen) atoms. The largest absolute Gasteiger partial charge is 0.493 e. The molecule has 0 bridgehead atoms. The fourth-order valence-electron chi connectivity index (χ4n) is 3.29. The molecule has 3 rings (SSSR count). The predicted molar refractivity (Wildman–Crippen MR) is 80.3 cm³/mol. The van der Waals surface area contributed by atoms with Gasteiger partial charge in [-0.2, -0.15) is 0 Å². The zero-order chi connectivity index (χ0) is 14.0. The van der Waals surface area contributed by atoms with Crippen molar-refractivity contribution in [1.29, 1.82) is 0 Å². The Bertz CT molecular complexity index is 484. The molecule has 0 radical (unpaired) electrons. The number of benzene rings is 1. The average molecular weight is 296 g/mol. The van der Waals surface area contributed by atoms with E-state index in [1.807, 2.05) is 12.1 Å². The van der Waals surface area contributed by atoms with Crippen molar-refractivity contribution in [2.45, 2.75) is 50.7 Å². The third-order valence-corrected chi connectivity index (χ3v) is 4.71. The Morgan fingerprint density at radius 1 is 1.25 bits per heavy atom. The number of halogens is 1. The van der Waals surface area contributed by atoms with Gasteiger partial charge in [-0.15, -0.1) is 0 Å². The normalized spacial score (nSPS) is 20.5. The van der Waals surface area contributed by atoms with Crippen LogP contribution in [0.4, 0.5) is 0 Å². The fraction of sp³-hybridized carbons (Fsp3) is 0.625. The molecule has 1 aromatic carbocycles. The summed E-state index contributed by atoms with van der Waals surface area (Å²) in [5, 5.41) is 0.762. The number of ether oxygens (including phenoxy) is 2. The zero-order valence-corrected chi connectivity index (χ0v) is 12.5. The van der Waals surface area contributed by atoms with E-state index in [2.05, 4.69) is 0 Å². The second kappa shape index (κ2) is 5.92. The summed E-state index contributed by atoms with van der Waals surface area (Å²) in [5.41, 5.74) is 8.07. The first-order chi connectivity index (χ1) is 9.72. The van der Waals surface area contributed by atoms with Crippen LogP contribution in [0.3, 0.4) is 0 Å². The second-order valence-corrected chi connectivity index (χ2v) is 6.32. The Kier molecular flexibility index (Phi) is 4.20. The van der Waals surface area contributed by atoms with Gasteiger partial charge in [0.2, 0.25) is 0 Å². The van der Waals surface area contributed by atoms with E-state index in [1.165, 1.54) is 24.8 Å². The van der Waals surface area contributed by atoms with Gasteiger partial charge in [-0.25, -0.2) is 0 Å². The Balaban J connectivity index is 1.75. The van der Waals surface area contributed by atoms with Crippen LogP contribution in [0.15, 0.2) is 12.1 Å². The maximum Gasteiger partial charge on any atom is 0.128 e. The van der Waals surface area contributed by atoms with Crippen molar-refractivity contribution in [3.8, 4) is 5.75 Å². The third kappa shape index (κ3) is 2.80. The smallest absolute Gasteiger partial charge is 0.128 e. The molecule has 0 spiro atoms. The Morgan fingerprint density at radius 3 is 2.80 bits per heavy atom. The van der Waals surface area contributed by atoms with Gasteiger partial charge in [-0.05, 0) is 30.5 Å². The molecule has 2 N–H and O–H groups in total. The molecular weight excluding hydrogens is 274 g/mol. The van der Waals surface area contributed by atoms with Gasteiger partial charge in [0.15, 0.2) is 0 Å². The Hall–Kier alpha value is -0.770. The highest BCUT2D eigenvalue weighted by Gasteiger charge is 2.32. The minimum absolute atomic E-state index is 0.147. The van der Waals surface area contributed by atoms with Crippen molar-refractivity contribution in [3.63, 3.8) is 0 Å². The van der Waals surface area contributed by atoms with E-state index in [4.69, 9.17) is 26.8 Å². The van der Waals surface area contributed by atoms with E-state index < -0.39 is 0 Å². The number of rotatable bonds is 4. The van der Waals surface area contributed by atoms with Crippen LogP contribution in [0.5, 0.6) is 5.75 Å². The molecule has 0 atom stereocenters. The first kappa shape index (κ1) is 14.2. The highest BCUT2D eigenvalue weighted by Crippen LogP contribution is 2.36. The number of nitrogens with two attached hydrogens (primary N) is 1. The SMILES string of the molecule is NCC1(OCc2cc(Cl)cc3c2OCC3)CCCCC1. The quantitative estimate of drug-likeness (QED) is 0.925. The lowest BCUT2D eigenvalue weighted by Crippen LogP contribution is -2.42. The van der Waals surface area contributed by atoms with E-state index in [0.717, 1.165) is 42.2 Å². The highest BCUT2D eigenvalue weighted by atomic mass is 35.5. The first-order valence-electron chi connectivity index (χ1n) is 7.51. The number of hydrogen-bond acceptors (Lipinski definition) is 3. The van der Waals surface area contributed by atoms with E-state index in [1.54, 1.807) is 0 Å². The van der Waals surface area contributed by atoms with Crippen LogP contribution in [-0.4, -0.2) is 18.8 Å². The van der Waals surface area contributed by atoms with Crippen LogP contribution in [-0.2, 0) is 17.8 Å². The minimum atomic E-state index is -0.147. The summed E-state index contributed by atoms with van der Waals surface area (Å²) in [5.74, 6) is 0.970. The lowest BCUT2D eigenvalue weighted by Gasteiger charge is -2.36. The fourth-order valence-corrected chi connectivity index (χ4v) is 3.55. The Labute approximate surface area is 125 Å². The summed E-state index contributed by atoms with van der Waals surface area (Å²) >= 11 is 6.18. The topological polar surface area (TPSA) is 44.5 Å². The molecule has 4 heteroatoms. The van der Waals surface area contributed by atoms with Gasteiger partial charge >= 0.3 is 0 Å². The zero-order valence-electron chi connectivity index (χ0n) is 11.8. The van der Waals surface area contributed by atoms with Crippen LogP contribution in [0, 0.1) is 0 Å². The summed E-state index contributed by atoms with van der Waals surface area (Å²) in [4.78, 5) is 0. The summed E-state index contributed by atoms with van der Waals surface area (Å²) in [6.07, 6.45) is 6.77. The van der Waals surface area contributed by atoms with Crippen LogP contribution in [0.25, 0.3) is 0 Å². The number of fused-ring (bicyclic) bond motifs is 1. The van der Waals surface area contributed by atoms with Gasteiger partial charge in [0.1, 0.15) is 5.75 Å². The van der Waals surface area contributed by atoms with Crippen molar-refractivity contribution >= 4 is 11.6 Å². The molecule has 0 saturated heterocycles. The minimum Gasteiger partial charge on any atom is -0.493 e. The molecule has 1 aromatic rings. The van der Waals surface area contributed by atoms with Crippen molar-refractivity contribution in [2.75, 3.05) is 13.2 Å². The third-order valence-electron chi connectivity index (χ3n) is 4.50. The molecule has 1 aliphatic carbocycles. The maximum absolute atomic E-state index is 6.22. The van der Waals surface area contributed by atoms with Crippen molar-refractivity contribution in [1.82, 2.24) is 0 Å². The highest BCUT2D eigenvalue weighted by molar-refractivity contribution is 6.30. The number of hydrogen-bond donors (Lipinski definition) is 1. The van der Waals surface area contributed by atoms with E-state index in [-0.39, 0.29) is 5.60 Å². The van der Waals surface area contributed by atoms with Gasteiger partial charge in [0.05, 0.1) is 18.8 Å². The van der Waals surface area contributed by atoms with Crippen LogP contribution < -0.4 is 10.5 Å². The molecule has 110 valence electrons. The average Bonchev–Trinajstić information content (AvgIpc) is 2.94. The van der Waals surface area contributed by atoms with Crippen molar-refractivity contribution in [2.24, 2.45) is 5.73 Å².